The van der Waals surface area contributed by atoms with E-state index in [0.29, 0.717) is 16.7 Å². The molecule has 1 heterocycles. The normalized spacial score (nSPS) is 10.7. The van der Waals surface area contributed by atoms with Crippen molar-refractivity contribution in [3.05, 3.63) is 70.3 Å². The van der Waals surface area contributed by atoms with Crippen LogP contribution < -0.4 is 4.74 Å². The zero-order chi connectivity index (χ0) is 15.5. The summed E-state index contributed by atoms with van der Waals surface area (Å²) >= 11 is 12.3. The molecule has 22 heavy (non-hydrogen) atoms. The molecule has 2 aromatic carbocycles. The topological polar surface area (TPSA) is 27.1 Å². The first-order valence-corrected chi connectivity index (χ1v) is 7.55. The first kappa shape index (κ1) is 14.9. The van der Waals surface area contributed by atoms with Crippen molar-refractivity contribution in [3.63, 3.8) is 0 Å². The van der Waals surface area contributed by atoms with Crippen LogP contribution in [0.5, 0.6) is 5.75 Å². The third-order valence-corrected chi connectivity index (χ3v) is 4.00. The third kappa shape index (κ3) is 3.26. The van der Waals surface area contributed by atoms with Gasteiger partial charge in [-0.3, -0.25) is 4.68 Å². The standard InChI is InChI=1S/C17H14Cl2N2O/c1-21-9-8-17(20-21)12-4-2-5-13(10-12)22-11-14-15(18)6-3-7-16(14)19/h2-10H,11H2,1H3. The zero-order valence-electron chi connectivity index (χ0n) is 12.0. The Balaban J connectivity index is 1.79. The lowest BCUT2D eigenvalue weighted by molar-refractivity contribution is 0.306. The summed E-state index contributed by atoms with van der Waals surface area (Å²) in [4.78, 5) is 0. The van der Waals surface area contributed by atoms with E-state index >= 15 is 0 Å². The van der Waals surface area contributed by atoms with Crippen molar-refractivity contribution in [2.45, 2.75) is 6.61 Å². The van der Waals surface area contributed by atoms with E-state index in [0.717, 1.165) is 22.6 Å². The van der Waals surface area contributed by atoms with Gasteiger partial charge < -0.3 is 4.74 Å². The number of ether oxygens (including phenoxy) is 1. The van der Waals surface area contributed by atoms with Crippen LogP contribution in [0.25, 0.3) is 11.3 Å². The molecule has 3 rings (SSSR count). The molecule has 0 bridgehead atoms. The van der Waals surface area contributed by atoms with E-state index in [4.69, 9.17) is 27.9 Å². The molecule has 3 aromatic rings. The van der Waals surface area contributed by atoms with Gasteiger partial charge in [0.25, 0.3) is 0 Å². The van der Waals surface area contributed by atoms with Gasteiger partial charge in [0.05, 0.1) is 5.69 Å². The van der Waals surface area contributed by atoms with Gasteiger partial charge in [0.2, 0.25) is 0 Å². The van der Waals surface area contributed by atoms with Crippen molar-refractivity contribution in [2.75, 3.05) is 0 Å². The first-order valence-electron chi connectivity index (χ1n) is 6.79. The zero-order valence-corrected chi connectivity index (χ0v) is 13.5. The molecule has 0 N–H and O–H groups in total. The van der Waals surface area contributed by atoms with Crippen LogP contribution in [0.3, 0.4) is 0 Å². The summed E-state index contributed by atoms with van der Waals surface area (Å²) in [6, 6.07) is 15.2. The van der Waals surface area contributed by atoms with Gasteiger partial charge in [-0.1, -0.05) is 41.4 Å². The van der Waals surface area contributed by atoms with E-state index in [1.54, 1.807) is 16.8 Å². The molecule has 0 aliphatic rings. The monoisotopic (exact) mass is 332 g/mol. The van der Waals surface area contributed by atoms with Crippen molar-refractivity contribution < 1.29 is 4.74 Å². The lowest BCUT2D eigenvalue weighted by Crippen LogP contribution is -1.97. The molecular formula is C17H14Cl2N2O. The fourth-order valence-electron chi connectivity index (χ4n) is 2.14. The molecule has 0 aliphatic carbocycles. The second-order valence-electron chi connectivity index (χ2n) is 4.89. The van der Waals surface area contributed by atoms with Crippen LogP contribution in [0.1, 0.15) is 5.56 Å². The Morgan fingerprint density at radius 1 is 1.05 bits per heavy atom. The Labute approximate surface area is 139 Å². The minimum absolute atomic E-state index is 0.324. The summed E-state index contributed by atoms with van der Waals surface area (Å²) in [5.74, 6) is 0.749. The van der Waals surface area contributed by atoms with Crippen molar-refractivity contribution in [2.24, 2.45) is 7.05 Å². The first-order chi connectivity index (χ1) is 10.6. The van der Waals surface area contributed by atoms with E-state index in [1.807, 2.05) is 49.6 Å². The molecule has 0 aliphatic heterocycles. The van der Waals surface area contributed by atoms with Gasteiger partial charge >= 0.3 is 0 Å². The van der Waals surface area contributed by atoms with E-state index in [2.05, 4.69) is 5.10 Å². The number of aromatic nitrogens is 2. The highest BCUT2D eigenvalue weighted by Gasteiger charge is 2.07. The molecular weight excluding hydrogens is 319 g/mol. The van der Waals surface area contributed by atoms with Crippen LogP contribution in [0.2, 0.25) is 10.0 Å². The van der Waals surface area contributed by atoms with Crippen molar-refractivity contribution in [1.29, 1.82) is 0 Å². The second-order valence-corrected chi connectivity index (χ2v) is 5.71. The summed E-state index contributed by atoms with van der Waals surface area (Å²) in [6.07, 6.45) is 1.91. The summed E-state index contributed by atoms with van der Waals surface area (Å²) in [6.45, 7) is 0.324. The minimum atomic E-state index is 0.324. The highest BCUT2D eigenvalue weighted by molar-refractivity contribution is 6.35. The van der Waals surface area contributed by atoms with Crippen LogP contribution in [0.15, 0.2) is 54.7 Å². The fourth-order valence-corrected chi connectivity index (χ4v) is 2.65. The van der Waals surface area contributed by atoms with E-state index in [1.165, 1.54) is 0 Å². The number of hydrogen-bond donors (Lipinski definition) is 0. The summed E-state index contributed by atoms with van der Waals surface area (Å²) in [5, 5.41) is 5.60. The van der Waals surface area contributed by atoms with Gasteiger partial charge in [0.1, 0.15) is 12.4 Å². The van der Waals surface area contributed by atoms with Crippen LogP contribution >= 0.6 is 23.2 Å². The number of nitrogens with zero attached hydrogens (tertiary/aromatic N) is 2. The maximum Gasteiger partial charge on any atom is 0.120 e. The molecule has 0 radical (unpaired) electrons. The average Bonchev–Trinajstić information content (AvgIpc) is 2.94. The summed E-state index contributed by atoms with van der Waals surface area (Å²) < 4.78 is 7.59. The SMILES string of the molecule is Cn1ccc(-c2cccc(OCc3c(Cl)cccc3Cl)c2)n1. The average molecular weight is 333 g/mol. The van der Waals surface area contributed by atoms with Crippen LogP contribution in [-0.2, 0) is 13.7 Å². The maximum atomic E-state index is 6.15. The highest BCUT2D eigenvalue weighted by Crippen LogP contribution is 2.27. The molecule has 5 heteroatoms. The molecule has 0 saturated heterocycles. The van der Waals surface area contributed by atoms with Gasteiger partial charge in [-0.2, -0.15) is 5.10 Å². The summed E-state index contributed by atoms with van der Waals surface area (Å²) in [7, 11) is 1.89. The second kappa shape index (κ2) is 6.42. The third-order valence-electron chi connectivity index (χ3n) is 3.29. The molecule has 3 nitrogen and oxygen atoms in total. The van der Waals surface area contributed by atoms with E-state index < -0.39 is 0 Å². The Morgan fingerprint density at radius 3 is 2.45 bits per heavy atom. The van der Waals surface area contributed by atoms with Gasteiger partial charge in [-0.15, -0.1) is 0 Å². The number of rotatable bonds is 4. The predicted molar refractivity (Wildman–Crippen MR) is 89.4 cm³/mol. The smallest absolute Gasteiger partial charge is 0.120 e. The Hall–Kier alpha value is -1.97. The number of hydrogen-bond acceptors (Lipinski definition) is 2. The van der Waals surface area contributed by atoms with Crippen LogP contribution in [-0.4, -0.2) is 9.78 Å². The number of aryl methyl sites for hydroxylation is 1. The van der Waals surface area contributed by atoms with Crippen LogP contribution in [0.4, 0.5) is 0 Å². The van der Waals surface area contributed by atoms with Gasteiger partial charge in [0, 0.05) is 34.4 Å². The minimum Gasteiger partial charge on any atom is -0.489 e. The van der Waals surface area contributed by atoms with E-state index in [-0.39, 0.29) is 0 Å². The molecule has 112 valence electrons. The molecule has 1 aromatic heterocycles. The molecule has 0 amide bonds. The van der Waals surface area contributed by atoms with Gasteiger partial charge in [-0.25, -0.2) is 0 Å². The largest absolute Gasteiger partial charge is 0.489 e. The molecule has 0 atom stereocenters. The highest BCUT2D eigenvalue weighted by atomic mass is 35.5. The quantitative estimate of drug-likeness (QED) is 0.674. The van der Waals surface area contributed by atoms with Gasteiger partial charge in [0.15, 0.2) is 0 Å². The lowest BCUT2D eigenvalue weighted by Gasteiger charge is -2.10. The van der Waals surface area contributed by atoms with Crippen LogP contribution in [0, 0.1) is 0 Å². The van der Waals surface area contributed by atoms with Gasteiger partial charge in [-0.05, 0) is 30.3 Å². The molecule has 0 saturated carbocycles. The molecule has 0 fully saturated rings. The number of benzene rings is 2. The van der Waals surface area contributed by atoms with Crippen molar-refractivity contribution in [3.8, 4) is 17.0 Å². The number of halogens is 2. The summed E-state index contributed by atoms with van der Waals surface area (Å²) in [5.41, 5.74) is 2.70. The Bertz CT molecular complexity index is 779. The van der Waals surface area contributed by atoms with E-state index in [9.17, 15) is 0 Å². The van der Waals surface area contributed by atoms with Crippen molar-refractivity contribution >= 4 is 23.2 Å². The fraction of sp³-hybridized carbons (Fsp3) is 0.118. The maximum absolute atomic E-state index is 6.15. The lowest BCUT2D eigenvalue weighted by atomic mass is 10.1. The molecule has 0 unspecified atom stereocenters. The Morgan fingerprint density at radius 2 is 1.77 bits per heavy atom. The Kier molecular flexibility index (Phi) is 4.36. The van der Waals surface area contributed by atoms with Crippen molar-refractivity contribution in [1.82, 2.24) is 9.78 Å². The molecule has 0 spiro atoms. The predicted octanol–water partition coefficient (Wildman–Crippen LogP) is 4.97.